The number of hydrogen-bond donors (Lipinski definition) is 0. The normalized spacial score (nSPS) is 20.0. The standard InChI is InChI=1S/C19H18N4OS/c1-24-19-22-15-6-4-8-20-18(15)23(19)13-9-12(10-13)11-17-21-14-5-2-3-7-16(14)25-17/h2-8,12-13H,9-11H2,1H3. The van der Waals surface area contributed by atoms with E-state index in [1.54, 1.807) is 7.11 Å². The van der Waals surface area contributed by atoms with Gasteiger partial charge in [-0.15, -0.1) is 11.3 Å². The minimum atomic E-state index is 0.411. The number of imidazole rings is 1. The number of fused-ring (bicyclic) bond motifs is 2. The van der Waals surface area contributed by atoms with Gasteiger partial charge >= 0.3 is 0 Å². The van der Waals surface area contributed by atoms with Gasteiger partial charge in [-0.05, 0) is 43.0 Å². The van der Waals surface area contributed by atoms with E-state index in [2.05, 4.69) is 38.8 Å². The summed E-state index contributed by atoms with van der Waals surface area (Å²) < 4.78 is 8.92. The molecule has 1 aliphatic carbocycles. The average molecular weight is 350 g/mol. The molecule has 1 fully saturated rings. The van der Waals surface area contributed by atoms with Crippen molar-refractivity contribution in [1.82, 2.24) is 19.5 Å². The molecule has 0 N–H and O–H groups in total. The van der Waals surface area contributed by atoms with E-state index >= 15 is 0 Å². The molecule has 4 aromatic rings. The summed E-state index contributed by atoms with van der Waals surface area (Å²) in [7, 11) is 1.68. The van der Waals surface area contributed by atoms with Crippen LogP contribution in [0.1, 0.15) is 23.9 Å². The molecule has 0 spiro atoms. The number of ether oxygens (including phenoxy) is 1. The van der Waals surface area contributed by atoms with Crippen LogP contribution in [-0.4, -0.2) is 26.6 Å². The van der Waals surface area contributed by atoms with Gasteiger partial charge in [-0.2, -0.15) is 4.98 Å². The fourth-order valence-electron chi connectivity index (χ4n) is 3.71. The Labute approximate surface area is 149 Å². The van der Waals surface area contributed by atoms with Crippen LogP contribution in [0.4, 0.5) is 0 Å². The molecule has 0 amide bonds. The number of benzene rings is 1. The Morgan fingerprint density at radius 3 is 2.80 bits per heavy atom. The molecule has 25 heavy (non-hydrogen) atoms. The van der Waals surface area contributed by atoms with Crippen LogP contribution in [0.2, 0.25) is 0 Å². The lowest BCUT2D eigenvalue weighted by Crippen LogP contribution is -2.28. The quantitative estimate of drug-likeness (QED) is 0.552. The fraction of sp³-hybridized carbons (Fsp3) is 0.316. The van der Waals surface area contributed by atoms with Gasteiger partial charge in [0.25, 0.3) is 6.01 Å². The maximum Gasteiger partial charge on any atom is 0.298 e. The second kappa shape index (κ2) is 5.81. The monoisotopic (exact) mass is 350 g/mol. The maximum atomic E-state index is 5.48. The van der Waals surface area contributed by atoms with E-state index in [1.807, 2.05) is 29.7 Å². The molecule has 6 heteroatoms. The van der Waals surface area contributed by atoms with Crippen LogP contribution in [0, 0.1) is 5.92 Å². The highest BCUT2D eigenvalue weighted by atomic mass is 32.1. The van der Waals surface area contributed by atoms with Gasteiger partial charge in [0.2, 0.25) is 0 Å². The fourth-order valence-corrected chi connectivity index (χ4v) is 4.80. The number of methoxy groups -OCH3 is 1. The highest BCUT2D eigenvalue weighted by molar-refractivity contribution is 7.18. The molecule has 0 bridgehead atoms. The molecule has 0 unspecified atom stereocenters. The van der Waals surface area contributed by atoms with Crippen molar-refractivity contribution in [3.63, 3.8) is 0 Å². The Kier molecular flexibility index (Phi) is 3.45. The van der Waals surface area contributed by atoms with Gasteiger partial charge in [0.15, 0.2) is 5.65 Å². The smallest absolute Gasteiger partial charge is 0.298 e. The van der Waals surface area contributed by atoms with Crippen LogP contribution in [0.15, 0.2) is 42.6 Å². The number of aromatic nitrogens is 4. The molecule has 0 radical (unpaired) electrons. The van der Waals surface area contributed by atoms with Gasteiger partial charge in [-0.25, -0.2) is 9.97 Å². The van der Waals surface area contributed by atoms with Crippen molar-refractivity contribution in [2.45, 2.75) is 25.3 Å². The lowest BCUT2D eigenvalue weighted by atomic mass is 9.78. The average Bonchev–Trinajstić information content (AvgIpc) is 3.18. The highest BCUT2D eigenvalue weighted by Crippen LogP contribution is 2.43. The summed E-state index contributed by atoms with van der Waals surface area (Å²) in [6.45, 7) is 0. The van der Waals surface area contributed by atoms with E-state index in [9.17, 15) is 0 Å². The molecule has 5 rings (SSSR count). The lowest BCUT2D eigenvalue weighted by molar-refractivity contribution is 0.184. The van der Waals surface area contributed by atoms with Crippen molar-refractivity contribution < 1.29 is 4.74 Å². The molecular weight excluding hydrogens is 332 g/mol. The number of thiazole rings is 1. The van der Waals surface area contributed by atoms with E-state index in [4.69, 9.17) is 9.72 Å². The Bertz CT molecular complexity index is 1010. The van der Waals surface area contributed by atoms with Crippen molar-refractivity contribution in [3.05, 3.63) is 47.6 Å². The Morgan fingerprint density at radius 1 is 1.12 bits per heavy atom. The van der Waals surface area contributed by atoms with Gasteiger partial charge in [0.1, 0.15) is 5.52 Å². The number of para-hydroxylation sites is 1. The van der Waals surface area contributed by atoms with E-state index in [-0.39, 0.29) is 0 Å². The number of nitrogens with zero attached hydrogens (tertiary/aromatic N) is 4. The van der Waals surface area contributed by atoms with Gasteiger partial charge in [0.05, 0.1) is 22.3 Å². The predicted octanol–water partition coefficient (Wildman–Crippen LogP) is 4.24. The number of rotatable bonds is 4. The molecule has 0 atom stereocenters. The van der Waals surface area contributed by atoms with Crippen LogP contribution in [-0.2, 0) is 6.42 Å². The molecule has 3 heterocycles. The second-order valence-corrected chi connectivity index (χ2v) is 7.70. The summed E-state index contributed by atoms with van der Waals surface area (Å²) in [5, 5.41) is 1.24. The van der Waals surface area contributed by atoms with Crippen LogP contribution in [0.5, 0.6) is 6.01 Å². The molecule has 5 nitrogen and oxygen atoms in total. The summed E-state index contributed by atoms with van der Waals surface area (Å²) in [6.07, 6.45) is 5.11. The first-order chi connectivity index (χ1) is 12.3. The summed E-state index contributed by atoms with van der Waals surface area (Å²) >= 11 is 1.82. The minimum Gasteiger partial charge on any atom is -0.468 e. The summed E-state index contributed by atoms with van der Waals surface area (Å²) in [6, 6.07) is 13.3. The van der Waals surface area contributed by atoms with Gasteiger partial charge in [-0.1, -0.05) is 12.1 Å². The zero-order valence-corrected chi connectivity index (χ0v) is 14.7. The highest BCUT2D eigenvalue weighted by Gasteiger charge is 2.34. The van der Waals surface area contributed by atoms with Crippen LogP contribution >= 0.6 is 11.3 Å². The van der Waals surface area contributed by atoms with Crippen molar-refractivity contribution in [1.29, 1.82) is 0 Å². The van der Waals surface area contributed by atoms with E-state index < -0.39 is 0 Å². The van der Waals surface area contributed by atoms with E-state index in [1.165, 1.54) is 9.71 Å². The third-order valence-electron chi connectivity index (χ3n) is 4.98. The number of hydrogen-bond acceptors (Lipinski definition) is 5. The first-order valence-corrected chi connectivity index (χ1v) is 9.35. The molecule has 126 valence electrons. The Balaban J connectivity index is 1.35. The first-order valence-electron chi connectivity index (χ1n) is 8.53. The minimum absolute atomic E-state index is 0.411. The molecule has 1 saturated carbocycles. The molecule has 0 saturated heterocycles. The van der Waals surface area contributed by atoms with Gasteiger partial charge < -0.3 is 4.74 Å². The number of pyridine rings is 1. The first kappa shape index (κ1) is 14.8. The third-order valence-corrected chi connectivity index (χ3v) is 6.04. The zero-order valence-electron chi connectivity index (χ0n) is 13.9. The van der Waals surface area contributed by atoms with Crippen molar-refractivity contribution in [3.8, 4) is 6.01 Å². The van der Waals surface area contributed by atoms with Gasteiger partial charge in [-0.3, -0.25) is 4.57 Å². The van der Waals surface area contributed by atoms with Crippen LogP contribution < -0.4 is 4.74 Å². The third kappa shape index (κ3) is 2.48. The maximum absolute atomic E-state index is 5.48. The molecule has 0 aliphatic heterocycles. The van der Waals surface area contributed by atoms with E-state index in [0.29, 0.717) is 18.0 Å². The SMILES string of the molecule is COc1nc2cccnc2n1C1CC(Cc2nc3ccccc3s2)C1. The second-order valence-electron chi connectivity index (χ2n) is 6.59. The van der Waals surface area contributed by atoms with Crippen LogP contribution in [0.25, 0.3) is 21.4 Å². The largest absolute Gasteiger partial charge is 0.468 e. The Hall–Kier alpha value is -2.47. The Morgan fingerprint density at radius 2 is 1.96 bits per heavy atom. The van der Waals surface area contributed by atoms with Crippen LogP contribution in [0.3, 0.4) is 0 Å². The van der Waals surface area contributed by atoms with E-state index in [0.717, 1.165) is 35.9 Å². The summed E-state index contributed by atoms with van der Waals surface area (Å²) in [5.74, 6) is 0.663. The lowest BCUT2D eigenvalue weighted by Gasteiger charge is -2.36. The van der Waals surface area contributed by atoms with Crippen molar-refractivity contribution >= 4 is 32.7 Å². The van der Waals surface area contributed by atoms with Crippen molar-refractivity contribution in [2.24, 2.45) is 5.92 Å². The molecule has 1 aromatic carbocycles. The topological polar surface area (TPSA) is 52.8 Å². The molecular formula is C19H18N4OS. The van der Waals surface area contributed by atoms with Gasteiger partial charge in [0, 0.05) is 18.7 Å². The molecule has 3 aromatic heterocycles. The van der Waals surface area contributed by atoms with Crippen molar-refractivity contribution in [2.75, 3.05) is 7.11 Å². The summed E-state index contributed by atoms with van der Waals surface area (Å²) in [4.78, 5) is 13.8. The predicted molar refractivity (Wildman–Crippen MR) is 99.2 cm³/mol. The summed E-state index contributed by atoms with van der Waals surface area (Å²) in [5.41, 5.74) is 2.93. The molecule has 1 aliphatic rings. The zero-order chi connectivity index (χ0) is 16.8.